The van der Waals surface area contributed by atoms with Crippen molar-refractivity contribution < 1.29 is 0 Å². The van der Waals surface area contributed by atoms with Gasteiger partial charge in [-0.2, -0.15) is 5.10 Å². The van der Waals surface area contributed by atoms with Gasteiger partial charge >= 0.3 is 0 Å². The van der Waals surface area contributed by atoms with Gasteiger partial charge in [0, 0.05) is 23.8 Å². The molecule has 0 aliphatic heterocycles. The SMILES string of the molecule is CCCNC(c1ccc(Cl)cc1)c1cnn(C)c1. The molecule has 2 rings (SSSR count). The lowest BCUT2D eigenvalue weighted by Gasteiger charge is -2.17. The molecule has 2 aromatic rings. The smallest absolute Gasteiger partial charge is 0.0607 e. The van der Waals surface area contributed by atoms with E-state index in [2.05, 4.69) is 29.5 Å². The number of benzene rings is 1. The molecular formula is C14H18ClN3. The van der Waals surface area contributed by atoms with E-state index in [0.29, 0.717) is 0 Å². The van der Waals surface area contributed by atoms with Crippen molar-refractivity contribution in [3.05, 3.63) is 52.8 Å². The lowest BCUT2D eigenvalue weighted by atomic mass is 10.0. The van der Waals surface area contributed by atoms with E-state index in [-0.39, 0.29) is 6.04 Å². The summed E-state index contributed by atoms with van der Waals surface area (Å²) in [6, 6.07) is 8.14. The van der Waals surface area contributed by atoms with E-state index in [4.69, 9.17) is 11.6 Å². The van der Waals surface area contributed by atoms with Crippen molar-refractivity contribution in [2.75, 3.05) is 6.54 Å². The third kappa shape index (κ3) is 3.12. The van der Waals surface area contributed by atoms with Crippen LogP contribution in [0.15, 0.2) is 36.7 Å². The van der Waals surface area contributed by atoms with E-state index in [1.54, 1.807) is 0 Å². The summed E-state index contributed by atoms with van der Waals surface area (Å²) in [6.45, 7) is 3.14. The molecule has 1 unspecified atom stereocenters. The Labute approximate surface area is 113 Å². The van der Waals surface area contributed by atoms with Gasteiger partial charge in [0.05, 0.1) is 12.2 Å². The average molecular weight is 264 g/mol. The van der Waals surface area contributed by atoms with Crippen LogP contribution >= 0.6 is 11.6 Å². The predicted molar refractivity (Wildman–Crippen MR) is 74.8 cm³/mol. The highest BCUT2D eigenvalue weighted by molar-refractivity contribution is 6.30. The normalized spacial score (nSPS) is 12.6. The van der Waals surface area contributed by atoms with Crippen molar-refractivity contribution in [3.63, 3.8) is 0 Å². The number of nitrogens with zero attached hydrogens (tertiary/aromatic N) is 2. The van der Waals surface area contributed by atoms with E-state index in [9.17, 15) is 0 Å². The molecule has 0 aliphatic rings. The van der Waals surface area contributed by atoms with Gasteiger partial charge in [-0.15, -0.1) is 0 Å². The number of aromatic nitrogens is 2. The zero-order valence-corrected chi connectivity index (χ0v) is 11.5. The third-order valence-corrected chi connectivity index (χ3v) is 3.11. The highest BCUT2D eigenvalue weighted by atomic mass is 35.5. The number of hydrogen-bond acceptors (Lipinski definition) is 2. The van der Waals surface area contributed by atoms with E-state index >= 15 is 0 Å². The van der Waals surface area contributed by atoms with Crippen LogP contribution in [-0.4, -0.2) is 16.3 Å². The molecule has 4 heteroatoms. The Morgan fingerprint density at radius 1 is 1.28 bits per heavy atom. The van der Waals surface area contributed by atoms with Crippen LogP contribution in [0.1, 0.15) is 30.5 Å². The van der Waals surface area contributed by atoms with Gasteiger partial charge in [-0.3, -0.25) is 4.68 Å². The van der Waals surface area contributed by atoms with Gasteiger partial charge in [-0.1, -0.05) is 30.7 Å². The second kappa shape index (κ2) is 6.03. The van der Waals surface area contributed by atoms with E-state index in [1.165, 1.54) is 11.1 Å². The van der Waals surface area contributed by atoms with Gasteiger partial charge in [0.2, 0.25) is 0 Å². The third-order valence-electron chi connectivity index (χ3n) is 2.86. The van der Waals surface area contributed by atoms with Crippen LogP contribution in [0, 0.1) is 0 Å². The van der Waals surface area contributed by atoms with Gasteiger partial charge in [-0.25, -0.2) is 0 Å². The minimum absolute atomic E-state index is 0.177. The Balaban J connectivity index is 2.27. The Hall–Kier alpha value is -1.32. The summed E-state index contributed by atoms with van der Waals surface area (Å²) in [5, 5.41) is 8.54. The van der Waals surface area contributed by atoms with Crippen molar-refractivity contribution >= 4 is 11.6 Å². The molecule has 96 valence electrons. The van der Waals surface area contributed by atoms with Crippen molar-refractivity contribution in [2.24, 2.45) is 7.05 Å². The summed E-state index contributed by atoms with van der Waals surface area (Å²) in [5.41, 5.74) is 2.38. The number of rotatable bonds is 5. The molecule has 0 saturated heterocycles. The molecule has 0 amide bonds. The van der Waals surface area contributed by atoms with E-state index < -0.39 is 0 Å². The van der Waals surface area contributed by atoms with E-state index in [1.807, 2.05) is 36.3 Å². The quantitative estimate of drug-likeness (QED) is 0.898. The fourth-order valence-electron chi connectivity index (χ4n) is 1.96. The predicted octanol–water partition coefficient (Wildman–Crippen LogP) is 3.16. The summed E-state index contributed by atoms with van der Waals surface area (Å²) in [5.74, 6) is 0. The van der Waals surface area contributed by atoms with Gasteiger partial charge in [-0.05, 0) is 30.7 Å². The Morgan fingerprint density at radius 3 is 2.56 bits per heavy atom. The number of halogens is 1. The standard InChI is InChI=1S/C14H18ClN3/c1-3-8-16-14(12-9-17-18(2)10-12)11-4-6-13(15)7-5-11/h4-7,9-10,14,16H,3,8H2,1-2H3. The molecule has 3 nitrogen and oxygen atoms in total. The molecule has 1 aromatic heterocycles. The lowest BCUT2D eigenvalue weighted by molar-refractivity contribution is 0.598. The first kappa shape index (κ1) is 13.1. The Kier molecular flexibility index (Phi) is 4.39. The monoisotopic (exact) mass is 263 g/mol. The Morgan fingerprint density at radius 2 is 2.00 bits per heavy atom. The van der Waals surface area contributed by atoms with Gasteiger partial charge < -0.3 is 5.32 Å². The fraction of sp³-hybridized carbons (Fsp3) is 0.357. The maximum Gasteiger partial charge on any atom is 0.0607 e. The highest BCUT2D eigenvalue weighted by Gasteiger charge is 2.14. The number of aryl methyl sites for hydroxylation is 1. The summed E-state index contributed by atoms with van der Waals surface area (Å²) >= 11 is 5.93. The van der Waals surface area contributed by atoms with Crippen LogP contribution in [-0.2, 0) is 7.05 Å². The molecule has 1 aromatic carbocycles. The summed E-state index contributed by atoms with van der Waals surface area (Å²) in [6.07, 6.45) is 5.05. The van der Waals surface area contributed by atoms with E-state index in [0.717, 1.165) is 18.0 Å². The van der Waals surface area contributed by atoms with Crippen LogP contribution < -0.4 is 5.32 Å². The van der Waals surface area contributed by atoms with Crippen LogP contribution in [0.3, 0.4) is 0 Å². The maximum atomic E-state index is 5.93. The molecule has 0 radical (unpaired) electrons. The summed E-state index contributed by atoms with van der Waals surface area (Å²) in [7, 11) is 1.93. The zero-order chi connectivity index (χ0) is 13.0. The number of nitrogens with one attached hydrogen (secondary N) is 1. The largest absolute Gasteiger partial charge is 0.306 e. The topological polar surface area (TPSA) is 29.9 Å². The minimum atomic E-state index is 0.177. The molecule has 0 spiro atoms. The van der Waals surface area contributed by atoms with Crippen LogP contribution in [0.4, 0.5) is 0 Å². The maximum absolute atomic E-state index is 5.93. The first-order valence-corrected chi connectivity index (χ1v) is 6.56. The average Bonchev–Trinajstić information content (AvgIpc) is 2.78. The highest BCUT2D eigenvalue weighted by Crippen LogP contribution is 2.23. The summed E-state index contributed by atoms with van der Waals surface area (Å²) in [4.78, 5) is 0. The van der Waals surface area contributed by atoms with Crippen LogP contribution in [0.25, 0.3) is 0 Å². The molecular weight excluding hydrogens is 246 g/mol. The Bertz CT molecular complexity index is 490. The molecule has 0 bridgehead atoms. The molecule has 0 aliphatic carbocycles. The van der Waals surface area contributed by atoms with Crippen molar-refractivity contribution in [3.8, 4) is 0 Å². The van der Waals surface area contributed by atoms with Gasteiger partial charge in [0.25, 0.3) is 0 Å². The van der Waals surface area contributed by atoms with Gasteiger partial charge in [0.15, 0.2) is 0 Å². The van der Waals surface area contributed by atoms with Gasteiger partial charge in [0.1, 0.15) is 0 Å². The minimum Gasteiger partial charge on any atom is -0.306 e. The zero-order valence-electron chi connectivity index (χ0n) is 10.7. The second-order valence-corrected chi connectivity index (χ2v) is 4.82. The fourth-order valence-corrected chi connectivity index (χ4v) is 2.09. The molecule has 1 atom stereocenters. The van der Waals surface area contributed by atoms with Crippen molar-refractivity contribution in [1.29, 1.82) is 0 Å². The first-order valence-electron chi connectivity index (χ1n) is 6.18. The van der Waals surface area contributed by atoms with Crippen LogP contribution in [0.2, 0.25) is 5.02 Å². The number of hydrogen-bond donors (Lipinski definition) is 1. The molecule has 18 heavy (non-hydrogen) atoms. The molecule has 1 N–H and O–H groups in total. The second-order valence-electron chi connectivity index (χ2n) is 4.39. The van der Waals surface area contributed by atoms with Crippen LogP contribution in [0.5, 0.6) is 0 Å². The molecule has 1 heterocycles. The first-order chi connectivity index (χ1) is 8.70. The lowest BCUT2D eigenvalue weighted by Crippen LogP contribution is -2.22. The molecule has 0 saturated carbocycles. The molecule has 0 fully saturated rings. The van der Waals surface area contributed by atoms with Crippen molar-refractivity contribution in [2.45, 2.75) is 19.4 Å². The van der Waals surface area contributed by atoms with Crippen molar-refractivity contribution in [1.82, 2.24) is 15.1 Å². The summed E-state index contributed by atoms with van der Waals surface area (Å²) < 4.78 is 1.83.